The topological polar surface area (TPSA) is 76.4 Å². The highest BCUT2D eigenvalue weighted by Gasteiger charge is 2.22. The van der Waals surface area contributed by atoms with Gasteiger partial charge < -0.3 is 9.73 Å². The standard InChI is InChI=1S/C13H18ClNO4S/c1-9-12(20(14,17)18)7-11(19-9)13(16)15-8-10-5-3-2-4-6-10/h7,10H,2-6,8H2,1H3,(H,15,16). The second-order valence-electron chi connectivity index (χ2n) is 5.18. The van der Waals surface area contributed by atoms with Crippen molar-refractivity contribution in [3.05, 3.63) is 17.6 Å². The molecule has 20 heavy (non-hydrogen) atoms. The van der Waals surface area contributed by atoms with Crippen LogP contribution in [0.15, 0.2) is 15.4 Å². The third kappa shape index (κ3) is 3.76. The van der Waals surface area contributed by atoms with Crippen LogP contribution in [-0.2, 0) is 9.05 Å². The summed E-state index contributed by atoms with van der Waals surface area (Å²) in [5.74, 6) is 0.214. The van der Waals surface area contributed by atoms with Gasteiger partial charge in [0, 0.05) is 23.3 Å². The van der Waals surface area contributed by atoms with Crippen molar-refractivity contribution in [2.75, 3.05) is 6.54 Å². The fraction of sp³-hybridized carbons (Fsp3) is 0.615. The van der Waals surface area contributed by atoms with E-state index in [0.29, 0.717) is 12.5 Å². The van der Waals surface area contributed by atoms with Gasteiger partial charge in [0.2, 0.25) is 0 Å². The van der Waals surface area contributed by atoms with Crippen molar-refractivity contribution in [3.8, 4) is 0 Å². The molecule has 112 valence electrons. The fourth-order valence-corrected chi connectivity index (χ4v) is 3.63. The van der Waals surface area contributed by atoms with Gasteiger partial charge in [0.15, 0.2) is 5.76 Å². The predicted octanol–water partition coefficient (Wildman–Crippen LogP) is 2.83. The Balaban J connectivity index is 1.99. The molecule has 0 aliphatic heterocycles. The number of hydrogen-bond donors (Lipinski definition) is 1. The molecule has 1 saturated carbocycles. The second-order valence-corrected chi connectivity index (χ2v) is 7.72. The summed E-state index contributed by atoms with van der Waals surface area (Å²) in [5.41, 5.74) is 0. The normalized spacial score (nSPS) is 17.1. The molecule has 0 radical (unpaired) electrons. The SMILES string of the molecule is Cc1oc(C(=O)NCC2CCCCC2)cc1S(=O)(=O)Cl. The summed E-state index contributed by atoms with van der Waals surface area (Å²) >= 11 is 0. The van der Waals surface area contributed by atoms with Gasteiger partial charge in [-0.05, 0) is 25.7 Å². The summed E-state index contributed by atoms with van der Waals surface area (Å²) < 4.78 is 27.7. The molecular formula is C13H18ClNO4S. The van der Waals surface area contributed by atoms with Crippen LogP contribution < -0.4 is 5.32 Å². The first-order valence-corrected chi connectivity index (χ1v) is 9.02. The zero-order chi connectivity index (χ0) is 14.8. The van der Waals surface area contributed by atoms with Crippen LogP contribution in [-0.4, -0.2) is 20.9 Å². The fourth-order valence-electron chi connectivity index (χ4n) is 2.53. The van der Waals surface area contributed by atoms with Crippen LogP contribution in [0.1, 0.15) is 48.4 Å². The van der Waals surface area contributed by atoms with Gasteiger partial charge >= 0.3 is 0 Å². The van der Waals surface area contributed by atoms with E-state index >= 15 is 0 Å². The Morgan fingerprint density at radius 3 is 2.60 bits per heavy atom. The van der Waals surface area contributed by atoms with Crippen LogP contribution in [0.3, 0.4) is 0 Å². The summed E-state index contributed by atoms with van der Waals surface area (Å²) in [6.45, 7) is 2.06. The van der Waals surface area contributed by atoms with Crippen molar-refractivity contribution >= 4 is 25.6 Å². The Kier molecular flexibility index (Phi) is 4.75. The minimum Gasteiger partial charge on any atom is -0.455 e. The highest BCUT2D eigenvalue weighted by Crippen LogP contribution is 2.24. The molecule has 7 heteroatoms. The largest absolute Gasteiger partial charge is 0.455 e. The van der Waals surface area contributed by atoms with Crippen molar-refractivity contribution in [1.82, 2.24) is 5.32 Å². The maximum absolute atomic E-state index is 11.9. The quantitative estimate of drug-likeness (QED) is 0.866. The molecule has 1 aliphatic rings. The zero-order valence-electron chi connectivity index (χ0n) is 11.3. The van der Waals surface area contributed by atoms with E-state index in [1.807, 2.05) is 0 Å². The van der Waals surface area contributed by atoms with Crippen LogP contribution in [0.2, 0.25) is 0 Å². The molecule has 0 atom stereocenters. The molecule has 1 fully saturated rings. The van der Waals surface area contributed by atoms with Gasteiger partial charge in [-0.25, -0.2) is 8.42 Å². The van der Waals surface area contributed by atoms with E-state index < -0.39 is 15.0 Å². The molecule has 0 unspecified atom stereocenters. The summed E-state index contributed by atoms with van der Waals surface area (Å²) in [7, 11) is 1.38. The van der Waals surface area contributed by atoms with Crippen molar-refractivity contribution in [2.45, 2.75) is 43.9 Å². The van der Waals surface area contributed by atoms with Gasteiger partial charge in [-0.3, -0.25) is 4.79 Å². The third-order valence-corrected chi connectivity index (χ3v) is 5.06. The van der Waals surface area contributed by atoms with Gasteiger partial charge in [0.1, 0.15) is 10.7 Å². The lowest BCUT2D eigenvalue weighted by atomic mass is 9.89. The number of rotatable bonds is 4. The predicted molar refractivity (Wildman–Crippen MR) is 75.4 cm³/mol. The minimum absolute atomic E-state index is 0.0162. The number of amides is 1. The lowest BCUT2D eigenvalue weighted by Crippen LogP contribution is -2.29. The van der Waals surface area contributed by atoms with Crippen molar-refractivity contribution in [1.29, 1.82) is 0 Å². The molecule has 0 aromatic carbocycles. The molecule has 0 bridgehead atoms. The highest BCUT2D eigenvalue weighted by molar-refractivity contribution is 8.13. The Morgan fingerprint density at radius 2 is 2.05 bits per heavy atom. The van der Waals surface area contributed by atoms with E-state index in [2.05, 4.69) is 5.32 Å². The first-order chi connectivity index (χ1) is 9.38. The summed E-state index contributed by atoms with van der Waals surface area (Å²) in [6, 6.07) is 1.17. The molecule has 2 rings (SSSR count). The Bertz CT molecular complexity index is 588. The van der Waals surface area contributed by atoms with Crippen molar-refractivity contribution in [3.63, 3.8) is 0 Å². The lowest BCUT2D eigenvalue weighted by molar-refractivity contribution is 0.0914. The van der Waals surface area contributed by atoms with Crippen molar-refractivity contribution < 1.29 is 17.6 Å². The minimum atomic E-state index is -3.88. The molecule has 1 N–H and O–H groups in total. The molecule has 1 aliphatic carbocycles. The number of furan rings is 1. The Labute approximate surface area is 123 Å². The van der Waals surface area contributed by atoms with Crippen LogP contribution in [0.4, 0.5) is 0 Å². The Hall–Kier alpha value is -1.01. The molecule has 0 saturated heterocycles. The first kappa shape index (κ1) is 15.4. The number of hydrogen-bond acceptors (Lipinski definition) is 4. The number of carbonyl (C=O) groups excluding carboxylic acids is 1. The number of aryl methyl sites for hydroxylation is 1. The van der Waals surface area contributed by atoms with Gasteiger partial charge in [-0.1, -0.05) is 19.3 Å². The third-order valence-electron chi connectivity index (χ3n) is 3.63. The van der Waals surface area contributed by atoms with Gasteiger partial charge in [-0.15, -0.1) is 0 Å². The zero-order valence-corrected chi connectivity index (χ0v) is 12.9. The van der Waals surface area contributed by atoms with Crippen LogP contribution in [0, 0.1) is 12.8 Å². The maximum Gasteiger partial charge on any atom is 0.287 e. The van der Waals surface area contributed by atoms with E-state index in [9.17, 15) is 13.2 Å². The molecule has 0 spiro atoms. The Morgan fingerprint density at radius 1 is 1.40 bits per heavy atom. The highest BCUT2D eigenvalue weighted by atomic mass is 35.7. The monoisotopic (exact) mass is 319 g/mol. The van der Waals surface area contributed by atoms with Gasteiger partial charge in [-0.2, -0.15) is 0 Å². The smallest absolute Gasteiger partial charge is 0.287 e. The number of halogens is 1. The second kappa shape index (κ2) is 6.18. The van der Waals surface area contributed by atoms with E-state index in [0.717, 1.165) is 12.8 Å². The molecule has 1 aromatic rings. The average Bonchev–Trinajstić information content (AvgIpc) is 2.79. The lowest BCUT2D eigenvalue weighted by Gasteiger charge is -2.21. The van der Waals surface area contributed by atoms with Gasteiger partial charge in [0.05, 0.1) is 0 Å². The van der Waals surface area contributed by atoms with Crippen LogP contribution in [0.25, 0.3) is 0 Å². The van der Waals surface area contributed by atoms with E-state index in [1.165, 1.54) is 32.3 Å². The van der Waals surface area contributed by atoms with E-state index in [1.54, 1.807) is 0 Å². The van der Waals surface area contributed by atoms with E-state index in [4.69, 9.17) is 15.1 Å². The molecule has 1 aromatic heterocycles. The first-order valence-electron chi connectivity index (χ1n) is 6.71. The van der Waals surface area contributed by atoms with Crippen molar-refractivity contribution in [2.24, 2.45) is 5.92 Å². The molecule has 1 amide bonds. The molecule has 5 nitrogen and oxygen atoms in total. The summed E-state index contributed by atoms with van der Waals surface area (Å²) in [6.07, 6.45) is 5.92. The van der Waals surface area contributed by atoms with Gasteiger partial charge in [0.25, 0.3) is 15.0 Å². The maximum atomic E-state index is 11.9. The number of carbonyl (C=O) groups is 1. The average molecular weight is 320 g/mol. The summed E-state index contributed by atoms with van der Waals surface area (Å²) in [4.78, 5) is 11.8. The van der Waals surface area contributed by atoms with Crippen LogP contribution >= 0.6 is 10.7 Å². The summed E-state index contributed by atoms with van der Waals surface area (Å²) in [5, 5.41) is 2.79. The number of nitrogens with one attached hydrogen (secondary N) is 1. The molecule has 1 heterocycles. The van der Waals surface area contributed by atoms with E-state index in [-0.39, 0.29) is 16.4 Å². The van der Waals surface area contributed by atoms with Crippen LogP contribution in [0.5, 0.6) is 0 Å². The molecular weight excluding hydrogens is 302 g/mol.